The highest BCUT2D eigenvalue weighted by molar-refractivity contribution is 5.88. The molecule has 15 nitrogen and oxygen atoms in total. The summed E-state index contributed by atoms with van der Waals surface area (Å²) in [7, 11) is 2.53. The number of carbonyl (C=O) groups excluding carboxylic acids is 4. The fourth-order valence-electron chi connectivity index (χ4n) is 8.92. The third kappa shape index (κ3) is 8.79. The van der Waals surface area contributed by atoms with Gasteiger partial charge in [-0.15, -0.1) is 0 Å². The second kappa shape index (κ2) is 18.3. The lowest BCUT2D eigenvalue weighted by Crippen LogP contribution is -2.42. The Hall–Kier alpha value is -6.71. The third-order valence-electron chi connectivity index (χ3n) is 12.1. The maximum absolute atomic E-state index is 15.9. The monoisotopic (exact) mass is 831 g/mol. The number of nitrogens with zero attached hydrogens (tertiary/aromatic N) is 5. The van der Waals surface area contributed by atoms with Crippen LogP contribution >= 0.6 is 0 Å². The van der Waals surface area contributed by atoms with E-state index in [-0.39, 0.29) is 35.6 Å². The molecule has 4 N–H and O–H groups in total. The Morgan fingerprint density at radius 3 is 1.74 bits per heavy atom. The quantitative estimate of drug-likeness (QED) is 0.111. The number of rotatable bonds is 11. The Morgan fingerprint density at radius 1 is 0.689 bits per heavy atom. The first kappa shape index (κ1) is 41.0. The van der Waals surface area contributed by atoms with Crippen molar-refractivity contribution in [3.05, 3.63) is 126 Å². The van der Waals surface area contributed by atoms with Gasteiger partial charge < -0.3 is 44.8 Å². The summed E-state index contributed by atoms with van der Waals surface area (Å²) >= 11 is 0. The van der Waals surface area contributed by atoms with Crippen molar-refractivity contribution in [2.24, 2.45) is 0 Å². The van der Waals surface area contributed by atoms with Crippen LogP contribution in [-0.4, -0.2) is 94.1 Å². The third-order valence-corrected chi connectivity index (χ3v) is 12.1. The lowest BCUT2D eigenvalue weighted by Gasteiger charge is -2.33. The van der Waals surface area contributed by atoms with E-state index in [1.54, 1.807) is 34.2 Å². The van der Waals surface area contributed by atoms with Crippen molar-refractivity contribution in [1.29, 1.82) is 0 Å². The Kier molecular flexibility index (Phi) is 12.3. The van der Waals surface area contributed by atoms with E-state index in [2.05, 4.69) is 30.5 Å². The molecule has 5 heterocycles. The zero-order chi connectivity index (χ0) is 42.5. The molecule has 0 spiro atoms. The van der Waals surface area contributed by atoms with Crippen LogP contribution in [0.5, 0.6) is 0 Å². The number of alkyl carbamates (subject to hydrolysis) is 2. The molecule has 0 bridgehead atoms. The number of anilines is 1. The van der Waals surface area contributed by atoms with Crippen molar-refractivity contribution in [3.8, 4) is 11.3 Å². The first-order valence-electron chi connectivity index (χ1n) is 20.8. The van der Waals surface area contributed by atoms with Gasteiger partial charge in [-0.05, 0) is 61.8 Å². The summed E-state index contributed by atoms with van der Waals surface area (Å²) in [4.78, 5) is 74.1. The molecule has 3 saturated heterocycles. The number of hydrogen-bond acceptors (Lipinski definition) is 9. The summed E-state index contributed by atoms with van der Waals surface area (Å²) in [6.45, 7) is 2.34. The highest BCUT2D eigenvalue weighted by atomic mass is 19.1. The van der Waals surface area contributed by atoms with Gasteiger partial charge >= 0.3 is 12.2 Å². The minimum atomic E-state index is -0.926. The number of halogens is 1. The number of nitrogens with one attached hydrogen (secondary N) is 4. The predicted molar refractivity (Wildman–Crippen MR) is 224 cm³/mol. The van der Waals surface area contributed by atoms with Gasteiger partial charge in [-0.3, -0.25) is 9.59 Å². The summed E-state index contributed by atoms with van der Waals surface area (Å²) in [5.41, 5.74) is 4.11. The molecular formula is C45H50FN9O6. The van der Waals surface area contributed by atoms with E-state index in [1.807, 2.05) is 60.8 Å². The highest BCUT2D eigenvalue weighted by Crippen LogP contribution is 2.38. The van der Waals surface area contributed by atoms with Crippen molar-refractivity contribution in [1.82, 2.24) is 40.4 Å². The van der Waals surface area contributed by atoms with E-state index in [4.69, 9.17) is 14.5 Å². The number of aromatic amines is 2. The summed E-state index contributed by atoms with van der Waals surface area (Å²) in [6.07, 6.45) is 6.72. The summed E-state index contributed by atoms with van der Waals surface area (Å²) < 4.78 is 25.5. The molecule has 61 heavy (non-hydrogen) atoms. The van der Waals surface area contributed by atoms with E-state index in [1.165, 1.54) is 20.3 Å². The predicted octanol–water partition coefficient (Wildman–Crippen LogP) is 6.84. The number of carbonyl (C=O) groups is 4. The molecule has 2 aromatic heterocycles. The average Bonchev–Trinajstić information content (AvgIpc) is 4.15. The first-order chi connectivity index (χ1) is 29.7. The zero-order valence-electron chi connectivity index (χ0n) is 34.2. The van der Waals surface area contributed by atoms with Gasteiger partial charge in [0.2, 0.25) is 0 Å². The molecule has 4 amide bonds. The molecule has 3 aliphatic rings. The first-order valence-corrected chi connectivity index (χ1v) is 20.8. The van der Waals surface area contributed by atoms with Crippen molar-refractivity contribution < 1.29 is 33.0 Å². The van der Waals surface area contributed by atoms with Crippen molar-refractivity contribution in [2.75, 3.05) is 45.3 Å². The molecule has 0 aliphatic carbocycles. The molecular weight excluding hydrogens is 782 g/mol. The largest absolute Gasteiger partial charge is 0.453 e. The van der Waals surface area contributed by atoms with E-state index >= 15 is 4.39 Å². The molecule has 318 valence electrons. The molecule has 0 radical (unpaired) electrons. The number of methoxy groups -OCH3 is 2. The van der Waals surface area contributed by atoms with Gasteiger partial charge in [0.05, 0.1) is 43.9 Å². The van der Waals surface area contributed by atoms with Gasteiger partial charge in [-0.2, -0.15) is 0 Å². The molecule has 8 rings (SSSR count). The second-order valence-electron chi connectivity index (χ2n) is 15.7. The topological polar surface area (TPSA) is 178 Å². The van der Waals surface area contributed by atoms with E-state index in [0.717, 1.165) is 43.6 Å². The molecule has 3 aromatic carbocycles. The highest BCUT2D eigenvalue weighted by Gasteiger charge is 2.39. The fourth-order valence-corrected chi connectivity index (χ4v) is 8.92. The fraction of sp³-hybridized carbons (Fsp3) is 0.378. The van der Waals surface area contributed by atoms with Gasteiger partial charge in [-0.25, -0.2) is 23.9 Å². The number of imidazole rings is 2. The maximum atomic E-state index is 15.9. The van der Waals surface area contributed by atoms with Gasteiger partial charge in [0.25, 0.3) is 11.8 Å². The molecule has 3 aliphatic heterocycles. The number of hydrogen-bond donors (Lipinski definition) is 4. The number of ether oxygens (including phenoxy) is 2. The van der Waals surface area contributed by atoms with E-state index in [9.17, 15) is 19.2 Å². The maximum Gasteiger partial charge on any atom is 0.407 e. The number of benzene rings is 3. The summed E-state index contributed by atoms with van der Waals surface area (Å²) in [5.74, 6) is 0.680. The Morgan fingerprint density at radius 2 is 1.21 bits per heavy atom. The second-order valence-corrected chi connectivity index (χ2v) is 15.7. The smallest absolute Gasteiger partial charge is 0.407 e. The van der Waals surface area contributed by atoms with E-state index < -0.39 is 24.3 Å². The van der Waals surface area contributed by atoms with Gasteiger partial charge in [-0.1, -0.05) is 66.7 Å². The minimum absolute atomic E-state index is 0.188. The van der Waals surface area contributed by atoms with Gasteiger partial charge in [0, 0.05) is 49.6 Å². The minimum Gasteiger partial charge on any atom is -0.453 e. The normalized spacial score (nSPS) is 19.0. The van der Waals surface area contributed by atoms with Crippen molar-refractivity contribution >= 4 is 29.7 Å². The Labute approximate surface area is 353 Å². The standard InChI is InChI=1S/C45H50FN9O6/c1-60-44(58)51-38(29-11-5-3-6-12-29)42(56)54-21-9-15-36(54)40-47-26-33(49-40)28-19-23-53(24-20-28)35-18-17-31(25-32(35)46)34-27-48-41(50-34)37-16-10-22-55(37)43(57)39(52-45(59)61-2)30-13-7-4-8-14-30/h3-8,11-14,17-18,25-28,36-39H,9-10,15-16,19-24H2,1-2H3,(H,47,49)(H,48,50)(H,51,58)(H,52,59)/t36-,37-,38+,39+/m0/s1. The Balaban J connectivity index is 0.895. The SMILES string of the molecule is COC(=O)N[C@@H](C(=O)N1CCC[C@H]1c1ncc(-c2ccc(N3CCC(c4cnc([C@@H]5CCCN5C(=O)[C@H](NC(=O)OC)c5ccccc5)[nH]4)CC3)c(F)c2)[nH]1)c1ccccc1. The lowest BCUT2D eigenvalue weighted by atomic mass is 9.93. The average molecular weight is 832 g/mol. The van der Waals surface area contributed by atoms with Crippen LogP contribution in [0.15, 0.2) is 91.3 Å². The number of piperidine rings is 1. The van der Waals surface area contributed by atoms with Crippen LogP contribution < -0.4 is 15.5 Å². The van der Waals surface area contributed by atoms with Gasteiger partial charge in [0.1, 0.15) is 29.5 Å². The van der Waals surface area contributed by atoms with Crippen LogP contribution in [-0.2, 0) is 19.1 Å². The molecule has 5 aromatic rings. The number of aromatic nitrogens is 4. The summed E-state index contributed by atoms with van der Waals surface area (Å²) in [6, 6.07) is 21.0. The van der Waals surface area contributed by atoms with Crippen LogP contribution in [0.25, 0.3) is 11.3 Å². The summed E-state index contributed by atoms with van der Waals surface area (Å²) in [5, 5.41) is 5.39. The number of likely N-dealkylation sites (tertiary alicyclic amines) is 2. The molecule has 4 atom stereocenters. The lowest BCUT2D eigenvalue weighted by molar-refractivity contribution is -0.135. The van der Waals surface area contributed by atoms with Crippen molar-refractivity contribution in [3.63, 3.8) is 0 Å². The van der Waals surface area contributed by atoms with E-state index in [0.29, 0.717) is 66.5 Å². The molecule has 0 unspecified atom stereocenters. The molecule has 3 fully saturated rings. The number of amides is 4. The molecule has 16 heteroatoms. The zero-order valence-corrected chi connectivity index (χ0v) is 34.2. The van der Waals surface area contributed by atoms with Gasteiger partial charge in [0.15, 0.2) is 0 Å². The van der Waals surface area contributed by atoms with Crippen LogP contribution in [0, 0.1) is 5.82 Å². The van der Waals surface area contributed by atoms with Crippen molar-refractivity contribution in [2.45, 2.75) is 68.6 Å². The van der Waals surface area contributed by atoms with Crippen LogP contribution in [0.2, 0.25) is 0 Å². The molecule has 0 saturated carbocycles. The van der Waals surface area contributed by atoms with Crippen LogP contribution in [0.4, 0.5) is 19.7 Å². The number of H-pyrrole nitrogens is 2. The van der Waals surface area contributed by atoms with Crippen LogP contribution in [0.1, 0.15) is 97.1 Å². The Bertz CT molecular complexity index is 2330. The van der Waals surface area contributed by atoms with Crippen LogP contribution in [0.3, 0.4) is 0 Å².